The average Bonchev–Trinajstić information content (AvgIpc) is 2.62. The van der Waals surface area contributed by atoms with Gasteiger partial charge in [0.05, 0.1) is 6.20 Å². The summed E-state index contributed by atoms with van der Waals surface area (Å²) in [6.07, 6.45) is 1.49. The lowest BCUT2D eigenvalue weighted by atomic mass is 10.5. The Labute approximate surface area is 121 Å². The molecule has 0 bridgehead atoms. The van der Waals surface area contributed by atoms with Crippen LogP contribution in [0.25, 0.3) is 0 Å². The Morgan fingerprint density at radius 2 is 2.28 bits per heavy atom. The summed E-state index contributed by atoms with van der Waals surface area (Å²) in [4.78, 5) is 23.3. The van der Waals surface area contributed by atoms with Crippen LogP contribution in [-0.2, 0) is 4.79 Å². The summed E-state index contributed by atoms with van der Waals surface area (Å²) in [6.45, 7) is 3.17. The maximum Gasteiger partial charge on any atom is 0.308 e. The van der Waals surface area contributed by atoms with E-state index in [1.807, 2.05) is 6.92 Å². The number of aryl methyl sites for hydroxylation is 1. The highest BCUT2D eigenvalue weighted by Crippen LogP contribution is 2.27. The fourth-order valence-electron chi connectivity index (χ4n) is 1.21. The number of anilines is 2. The molecule has 94 valence electrons. The predicted molar refractivity (Wildman–Crippen MR) is 76.2 cm³/mol. The molecule has 2 aromatic rings. The molecule has 0 aliphatic carbocycles. The first-order chi connectivity index (χ1) is 8.52. The van der Waals surface area contributed by atoms with Gasteiger partial charge in [0, 0.05) is 13.0 Å². The molecule has 0 aliphatic rings. The molecule has 0 unspecified atom stereocenters. The van der Waals surface area contributed by atoms with Gasteiger partial charge in [-0.05, 0) is 29.5 Å². The molecule has 0 atom stereocenters. The molecule has 0 aliphatic heterocycles. The predicted octanol–water partition coefficient (Wildman–Crippen LogP) is 2.52. The first-order valence-electron chi connectivity index (χ1n) is 4.95. The van der Waals surface area contributed by atoms with Crippen LogP contribution in [0.2, 0.25) is 0 Å². The highest BCUT2D eigenvalue weighted by molar-refractivity contribution is 14.1. The van der Waals surface area contributed by atoms with Crippen molar-refractivity contribution in [1.82, 2.24) is 15.0 Å². The number of ether oxygens (including phenoxy) is 1. The number of hydrogen-bond acceptors (Lipinski definition) is 7. The maximum atomic E-state index is 10.8. The minimum absolute atomic E-state index is 0.363. The Morgan fingerprint density at radius 1 is 1.50 bits per heavy atom. The van der Waals surface area contributed by atoms with E-state index in [-0.39, 0.29) is 5.97 Å². The van der Waals surface area contributed by atoms with Crippen LogP contribution in [-0.4, -0.2) is 20.9 Å². The van der Waals surface area contributed by atoms with Gasteiger partial charge in [-0.2, -0.15) is 0 Å². The van der Waals surface area contributed by atoms with Crippen LogP contribution in [0.15, 0.2) is 12.3 Å². The summed E-state index contributed by atoms with van der Waals surface area (Å²) in [5.41, 5.74) is 0. The lowest BCUT2D eigenvalue weighted by Gasteiger charge is -2.02. The second-order valence-electron chi connectivity index (χ2n) is 3.33. The summed E-state index contributed by atoms with van der Waals surface area (Å²) >= 11 is 3.36. The normalized spacial score (nSPS) is 10.2. The first-order valence-corrected chi connectivity index (χ1v) is 6.85. The monoisotopic (exact) mass is 376 g/mol. The number of aromatic nitrogens is 3. The van der Waals surface area contributed by atoms with Gasteiger partial charge in [0.15, 0.2) is 5.13 Å². The zero-order valence-corrected chi connectivity index (χ0v) is 12.6. The molecule has 0 saturated carbocycles. The standard InChI is InChI=1S/C10H9IN4O2S/c1-5-13-7(11)3-8(14-5)15-10-12-4-9(18-10)17-6(2)16/h3-4H,1-2H3,(H,12,13,14,15). The minimum atomic E-state index is -0.363. The van der Waals surface area contributed by atoms with Crippen LogP contribution in [0.4, 0.5) is 10.9 Å². The Hall–Kier alpha value is -1.29. The van der Waals surface area contributed by atoms with Gasteiger partial charge in [0.25, 0.3) is 0 Å². The lowest BCUT2D eigenvalue weighted by molar-refractivity contribution is -0.131. The van der Waals surface area contributed by atoms with E-state index in [2.05, 4.69) is 42.9 Å². The second-order valence-corrected chi connectivity index (χ2v) is 5.42. The average molecular weight is 376 g/mol. The molecular formula is C10H9IN4O2S. The van der Waals surface area contributed by atoms with Gasteiger partial charge < -0.3 is 10.1 Å². The van der Waals surface area contributed by atoms with E-state index in [0.29, 0.717) is 21.8 Å². The summed E-state index contributed by atoms with van der Waals surface area (Å²) in [5.74, 6) is 0.981. The van der Waals surface area contributed by atoms with Gasteiger partial charge in [-0.15, -0.1) is 0 Å². The first kappa shape index (κ1) is 13.1. The summed E-state index contributed by atoms with van der Waals surface area (Å²) in [6, 6.07) is 1.81. The van der Waals surface area contributed by atoms with Gasteiger partial charge >= 0.3 is 5.97 Å². The molecule has 0 radical (unpaired) electrons. The van der Waals surface area contributed by atoms with Crippen LogP contribution in [0.3, 0.4) is 0 Å². The molecule has 0 spiro atoms. The van der Waals surface area contributed by atoms with Crippen LogP contribution in [0.1, 0.15) is 12.7 Å². The van der Waals surface area contributed by atoms with Crippen molar-refractivity contribution in [2.45, 2.75) is 13.8 Å². The SMILES string of the molecule is CC(=O)Oc1cnc(Nc2cc(I)nc(C)n2)s1. The Bertz CT molecular complexity index is 567. The Balaban J connectivity index is 2.13. The quantitative estimate of drug-likeness (QED) is 0.504. The fraction of sp³-hybridized carbons (Fsp3) is 0.200. The summed E-state index contributed by atoms with van der Waals surface area (Å²) < 4.78 is 5.77. The van der Waals surface area contributed by atoms with Crippen molar-refractivity contribution in [1.29, 1.82) is 0 Å². The third kappa shape index (κ3) is 3.60. The number of hydrogen-bond donors (Lipinski definition) is 1. The number of esters is 1. The van der Waals surface area contributed by atoms with Gasteiger partial charge in [-0.3, -0.25) is 4.79 Å². The van der Waals surface area contributed by atoms with Crippen molar-refractivity contribution in [3.63, 3.8) is 0 Å². The minimum Gasteiger partial charge on any atom is -0.414 e. The van der Waals surface area contributed by atoms with E-state index in [4.69, 9.17) is 4.74 Å². The molecule has 0 fully saturated rings. The number of nitrogens with zero attached hydrogens (tertiary/aromatic N) is 3. The number of rotatable bonds is 3. The van der Waals surface area contributed by atoms with Crippen LogP contribution >= 0.6 is 33.9 Å². The van der Waals surface area contributed by atoms with Gasteiger partial charge in [0.2, 0.25) is 5.06 Å². The van der Waals surface area contributed by atoms with E-state index in [1.165, 1.54) is 24.5 Å². The van der Waals surface area contributed by atoms with Crippen LogP contribution in [0, 0.1) is 10.6 Å². The van der Waals surface area contributed by atoms with Crippen molar-refractivity contribution in [3.8, 4) is 5.06 Å². The fourth-order valence-corrected chi connectivity index (χ4v) is 2.57. The summed E-state index contributed by atoms with van der Waals surface area (Å²) in [5, 5.41) is 4.10. The third-order valence-electron chi connectivity index (χ3n) is 1.77. The van der Waals surface area contributed by atoms with Crippen molar-refractivity contribution in [3.05, 3.63) is 21.8 Å². The van der Waals surface area contributed by atoms with E-state index in [9.17, 15) is 4.79 Å². The second kappa shape index (κ2) is 5.57. The third-order valence-corrected chi connectivity index (χ3v) is 3.11. The molecule has 0 amide bonds. The molecular weight excluding hydrogens is 367 g/mol. The maximum absolute atomic E-state index is 10.8. The highest BCUT2D eigenvalue weighted by atomic mass is 127. The Kier molecular flexibility index (Phi) is 4.07. The molecule has 2 rings (SSSR count). The molecule has 0 aromatic carbocycles. The number of nitrogens with one attached hydrogen (secondary N) is 1. The topological polar surface area (TPSA) is 77.0 Å². The molecule has 8 heteroatoms. The zero-order valence-electron chi connectivity index (χ0n) is 9.60. The Morgan fingerprint density at radius 3 is 2.94 bits per heavy atom. The van der Waals surface area contributed by atoms with Gasteiger partial charge in [0.1, 0.15) is 15.3 Å². The number of halogens is 1. The van der Waals surface area contributed by atoms with Crippen LogP contribution in [0.5, 0.6) is 5.06 Å². The molecule has 2 aromatic heterocycles. The van der Waals surface area contributed by atoms with Gasteiger partial charge in [-0.1, -0.05) is 11.3 Å². The highest BCUT2D eigenvalue weighted by Gasteiger charge is 2.07. The number of carbonyl (C=O) groups excluding carboxylic acids is 1. The molecule has 2 heterocycles. The van der Waals surface area contributed by atoms with E-state index < -0.39 is 0 Å². The zero-order chi connectivity index (χ0) is 13.1. The lowest BCUT2D eigenvalue weighted by Crippen LogP contribution is -1.99. The summed E-state index contributed by atoms with van der Waals surface area (Å²) in [7, 11) is 0. The van der Waals surface area contributed by atoms with Crippen LogP contribution < -0.4 is 10.1 Å². The number of thiazole rings is 1. The van der Waals surface area contributed by atoms with Gasteiger partial charge in [-0.25, -0.2) is 15.0 Å². The van der Waals surface area contributed by atoms with E-state index >= 15 is 0 Å². The molecule has 1 N–H and O–H groups in total. The largest absolute Gasteiger partial charge is 0.414 e. The smallest absolute Gasteiger partial charge is 0.308 e. The molecule has 18 heavy (non-hydrogen) atoms. The van der Waals surface area contributed by atoms with E-state index in [0.717, 1.165) is 3.70 Å². The number of carbonyl (C=O) groups is 1. The van der Waals surface area contributed by atoms with E-state index in [1.54, 1.807) is 6.07 Å². The van der Waals surface area contributed by atoms with Crippen molar-refractivity contribution >= 4 is 50.8 Å². The van der Waals surface area contributed by atoms with Crippen molar-refractivity contribution < 1.29 is 9.53 Å². The molecule has 6 nitrogen and oxygen atoms in total. The van der Waals surface area contributed by atoms with Crippen molar-refractivity contribution in [2.75, 3.05) is 5.32 Å². The van der Waals surface area contributed by atoms with Crippen molar-refractivity contribution in [2.24, 2.45) is 0 Å². The molecule has 0 saturated heterocycles.